The number of nitrogens with one attached hydrogen (secondary N) is 1. The van der Waals surface area contributed by atoms with Gasteiger partial charge in [0.1, 0.15) is 11.6 Å². The van der Waals surface area contributed by atoms with Crippen molar-refractivity contribution in [2.24, 2.45) is 0 Å². The Morgan fingerprint density at radius 2 is 1.93 bits per heavy atom. The van der Waals surface area contributed by atoms with Gasteiger partial charge >= 0.3 is 0 Å². The number of aryl methyl sites for hydroxylation is 3. The van der Waals surface area contributed by atoms with Crippen molar-refractivity contribution in [1.29, 1.82) is 0 Å². The minimum Gasteiger partial charge on any atom is -0.331 e. The largest absolute Gasteiger partial charge is 0.331 e. The van der Waals surface area contributed by atoms with Gasteiger partial charge in [-0.05, 0) is 50.8 Å². The van der Waals surface area contributed by atoms with E-state index in [1.807, 2.05) is 22.8 Å². The van der Waals surface area contributed by atoms with Gasteiger partial charge in [0, 0.05) is 31.6 Å². The molecular weight excluding hydrogens is 374 g/mol. The predicted molar refractivity (Wildman–Crippen MR) is 108 cm³/mol. The molecule has 0 fully saturated rings. The molecule has 0 saturated heterocycles. The molecule has 0 aliphatic carbocycles. The van der Waals surface area contributed by atoms with Crippen LogP contribution >= 0.6 is 0 Å². The molecule has 1 aromatic carbocycles. The molecule has 8 heteroatoms. The van der Waals surface area contributed by atoms with Gasteiger partial charge in [-0.3, -0.25) is 4.72 Å². The molecule has 4 heterocycles. The van der Waals surface area contributed by atoms with Gasteiger partial charge in [-0.25, -0.2) is 9.97 Å². The van der Waals surface area contributed by atoms with E-state index >= 15 is 0 Å². The lowest BCUT2D eigenvalue weighted by Gasteiger charge is -2.20. The van der Waals surface area contributed by atoms with Gasteiger partial charge in [-0.1, -0.05) is 6.42 Å². The zero-order chi connectivity index (χ0) is 19.3. The summed E-state index contributed by atoms with van der Waals surface area (Å²) in [6.45, 7) is 3.08. The Hall–Kier alpha value is -2.35. The van der Waals surface area contributed by atoms with Gasteiger partial charge in [-0.15, -0.1) is 0 Å². The van der Waals surface area contributed by atoms with Crippen molar-refractivity contribution >= 4 is 26.7 Å². The average molecular weight is 400 g/mol. The summed E-state index contributed by atoms with van der Waals surface area (Å²) in [4.78, 5) is 9.14. The van der Waals surface area contributed by atoms with Crippen LogP contribution in [-0.2, 0) is 29.4 Å². The maximum atomic E-state index is 12.9. The van der Waals surface area contributed by atoms with E-state index in [1.165, 1.54) is 6.42 Å². The highest BCUT2D eigenvalue weighted by atomic mass is 32.2. The van der Waals surface area contributed by atoms with Crippen molar-refractivity contribution in [3.05, 3.63) is 36.0 Å². The number of benzene rings is 1. The lowest BCUT2D eigenvalue weighted by atomic mass is 10.1. The van der Waals surface area contributed by atoms with Crippen LogP contribution in [0, 0.1) is 0 Å². The summed E-state index contributed by atoms with van der Waals surface area (Å²) in [6, 6.07) is 5.90. The van der Waals surface area contributed by atoms with Crippen molar-refractivity contribution in [3.8, 4) is 0 Å². The van der Waals surface area contributed by atoms with Crippen LogP contribution in [0.4, 0.5) is 5.69 Å². The third kappa shape index (κ3) is 2.99. The number of anilines is 1. The van der Waals surface area contributed by atoms with E-state index in [9.17, 15) is 8.42 Å². The quantitative estimate of drug-likeness (QED) is 0.729. The molecule has 0 spiro atoms. The fourth-order valence-corrected chi connectivity index (χ4v) is 5.44. The smallest absolute Gasteiger partial charge is 0.280 e. The average Bonchev–Trinajstić information content (AvgIpc) is 3.17. The number of aromatic nitrogens is 4. The summed E-state index contributed by atoms with van der Waals surface area (Å²) < 4.78 is 32.7. The van der Waals surface area contributed by atoms with E-state index in [1.54, 1.807) is 6.20 Å². The molecule has 0 saturated carbocycles. The number of hydrogen-bond acceptors (Lipinski definition) is 4. The number of nitrogens with zero attached hydrogens (tertiary/aromatic N) is 4. The second kappa shape index (κ2) is 6.62. The third-order valence-electron chi connectivity index (χ3n) is 5.92. The number of sulfonamides is 1. The van der Waals surface area contributed by atoms with Crippen LogP contribution in [0.15, 0.2) is 29.4 Å². The van der Waals surface area contributed by atoms with Crippen molar-refractivity contribution in [2.75, 3.05) is 4.72 Å². The van der Waals surface area contributed by atoms with Crippen molar-refractivity contribution in [3.63, 3.8) is 0 Å². The second-order valence-electron chi connectivity index (χ2n) is 7.94. The van der Waals surface area contributed by atoms with E-state index in [0.717, 1.165) is 67.8 Å². The zero-order valence-corrected chi connectivity index (χ0v) is 16.9. The van der Waals surface area contributed by atoms with Gasteiger partial charge in [0.25, 0.3) is 10.0 Å². The molecule has 1 unspecified atom stereocenters. The molecule has 28 heavy (non-hydrogen) atoms. The molecule has 2 aliphatic rings. The fourth-order valence-electron chi connectivity index (χ4n) is 4.42. The van der Waals surface area contributed by atoms with E-state index in [0.29, 0.717) is 5.69 Å². The SMILES string of the molecule is CC1CCCc2nc(S(=O)(=O)Nc3ccc4c(c3)nc3n4CCCCC3)cn21. The van der Waals surface area contributed by atoms with E-state index < -0.39 is 10.0 Å². The highest BCUT2D eigenvalue weighted by Crippen LogP contribution is 2.28. The first-order valence-electron chi connectivity index (χ1n) is 10.1. The van der Waals surface area contributed by atoms with Crippen molar-refractivity contribution in [2.45, 2.75) is 69.5 Å². The molecule has 5 rings (SSSR count). The maximum absolute atomic E-state index is 12.9. The van der Waals surface area contributed by atoms with Crippen LogP contribution in [0.25, 0.3) is 11.0 Å². The van der Waals surface area contributed by atoms with Crippen LogP contribution < -0.4 is 4.72 Å². The second-order valence-corrected chi connectivity index (χ2v) is 9.57. The molecule has 0 amide bonds. The molecule has 0 radical (unpaired) electrons. The van der Waals surface area contributed by atoms with Crippen LogP contribution in [0.1, 0.15) is 56.7 Å². The fraction of sp³-hybridized carbons (Fsp3) is 0.500. The van der Waals surface area contributed by atoms with Gasteiger partial charge in [0.2, 0.25) is 0 Å². The van der Waals surface area contributed by atoms with E-state index in [2.05, 4.69) is 21.2 Å². The van der Waals surface area contributed by atoms with E-state index in [4.69, 9.17) is 4.98 Å². The molecule has 3 aromatic rings. The number of fused-ring (bicyclic) bond motifs is 4. The van der Waals surface area contributed by atoms with E-state index in [-0.39, 0.29) is 11.1 Å². The summed E-state index contributed by atoms with van der Waals surface area (Å²) in [5.41, 5.74) is 2.45. The summed E-state index contributed by atoms with van der Waals surface area (Å²) in [5.74, 6) is 1.95. The molecule has 1 atom stereocenters. The molecule has 7 nitrogen and oxygen atoms in total. The zero-order valence-electron chi connectivity index (χ0n) is 16.1. The van der Waals surface area contributed by atoms with Crippen molar-refractivity contribution in [1.82, 2.24) is 19.1 Å². The first-order valence-corrected chi connectivity index (χ1v) is 11.6. The Labute approximate surface area is 164 Å². The third-order valence-corrected chi connectivity index (χ3v) is 7.17. The normalized spacial score (nSPS) is 19.8. The highest BCUT2D eigenvalue weighted by molar-refractivity contribution is 7.92. The number of hydrogen-bond donors (Lipinski definition) is 1. The first-order chi connectivity index (χ1) is 13.5. The monoisotopic (exact) mass is 399 g/mol. The Balaban J connectivity index is 1.46. The van der Waals surface area contributed by atoms with Crippen LogP contribution in [-0.4, -0.2) is 27.5 Å². The Bertz CT molecular complexity index is 1150. The molecule has 2 aliphatic heterocycles. The summed E-state index contributed by atoms with van der Waals surface area (Å²) in [5, 5.41) is 0.0944. The molecule has 148 valence electrons. The minimum absolute atomic E-state index is 0.0944. The van der Waals surface area contributed by atoms with Gasteiger partial charge in [0.15, 0.2) is 5.03 Å². The predicted octanol–water partition coefficient (Wildman–Crippen LogP) is 3.66. The Morgan fingerprint density at radius 1 is 1.07 bits per heavy atom. The maximum Gasteiger partial charge on any atom is 0.280 e. The molecule has 0 bridgehead atoms. The lowest BCUT2D eigenvalue weighted by Crippen LogP contribution is -2.14. The van der Waals surface area contributed by atoms with Crippen LogP contribution in [0.2, 0.25) is 0 Å². The summed E-state index contributed by atoms with van der Waals surface area (Å²) in [6.07, 6.45) is 9.13. The lowest BCUT2D eigenvalue weighted by molar-refractivity contribution is 0.425. The number of rotatable bonds is 3. The van der Waals surface area contributed by atoms with Gasteiger partial charge in [0.05, 0.1) is 16.7 Å². The Kier molecular flexibility index (Phi) is 4.19. The molecule has 1 N–H and O–H groups in total. The topological polar surface area (TPSA) is 81.8 Å². The van der Waals surface area contributed by atoms with Gasteiger partial charge in [-0.2, -0.15) is 8.42 Å². The molecule has 2 aromatic heterocycles. The summed E-state index contributed by atoms with van der Waals surface area (Å²) >= 11 is 0. The summed E-state index contributed by atoms with van der Waals surface area (Å²) in [7, 11) is -3.72. The Morgan fingerprint density at radius 3 is 2.79 bits per heavy atom. The highest BCUT2D eigenvalue weighted by Gasteiger charge is 2.25. The van der Waals surface area contributed by atoms with Crippen LogP contribution in [0.5, 0.6) is 0 Å². The minimum atomic E-state index is -3.72. The molecular formula is C20H25N5O2S. The van der Waals surface area contributed by atoms with Crippen LogP contribution in [0.3, 0.4) is 0 Å². The van der Waals surface area contributed by atoms with Gasteiger partial charge < -0.3 is 9.13 Å². The first kappa shape index (κ1) is 17.7. The standard InChI is InChI=1S/C20H25N5O2S/c1-14-6-5-8-19-22-20(13-25(14)19)28(26,27)23-15-9-10-17-16(12-15)21-18-7-3-2-4-11-24(17)18/h9-10,12-14,23H,2-8,11H2,1H3. The van der Waals surface area contributed by atoms with Crippen molar-refractivity contribution < 1.29 is 8.42 Å². The number of imidazole rings is 2.